The normalized spacial score (nSPS) is 21.6. The second kappa shape index (κ2) is 5.19. The third-order valence-electron chi connectivity index (χ3n) is 3.87. The van der Waals surface area contributed by atoms with E-state index in [4.69, 9.17) is 5.73 Å². The summed E-state index contributed by atoms with van der Waals surface area (Å²) in [4.78, 5) is 2.54. The van der Waals surface area contributed by atoms with Crippen LogP contribution in [0.15, 0.2) is 30.3 Å². The average molecular weight is 232 g/mol. The lowest BCUT2D eigenvalue weighted by atomic mass is 10.0. The van der Waals surface area contributed by atoms with Crippen LogP contribution in [0.5, 0.6) is 0 Å². The molecule has 94 valence electrons. The molecule has 0 amide bonds. The van der Waals surface area contributed by atoms with Crippen LogP contribution in [0.2, 0.25) is 0 Å². The van der Waals surface area contributed by atoms with Crippen molar-refractivity contribution in [3.05, 3.63) is 35.9 Å². The molecule has 2 nitrogen and oxygen atoms in total. The van der Waals surface area contributed by atoms with Crippen LogP contribution in [-0.2, 0) is 6.42 Å². The molecule has 0 bridgehead atoms. The minimum absolute atomic E-state index is 0.245. The Morgan fingerprint density at radius 1 is 1.29 bits per heavy atom. The fourth-order valence-electron chi connectivity index (χ4n) is 2.77. The first-order valence-corrected chi connectivity index (χ1v) is 6.62. The van der Waals surface area contributed by atoms with Gasteiger partial charge < -0.3 is 5.73 Å². The molecule has 0 aliphatic carbocycles. The van der Waals surface area contributed by atoms with Gasteiger partial charge in [0.25, 0.3) is 0 Å². The molecule has 2 rings (SSSR count). The quantitative estimate of drug-likeness (QED) is 0.864. The summed E-state index contributed by atoms with van der Waals surface area (Å²) in [6.45, 7) is 6.88. The highest BCUT2D eigenvalue weighted by Gasteiger charge is 2.32. The van der Waals surface area contributed by atoms with Gasteiger partial charge in [-0.3, -0.25) is 4.90 Å². The summed E-state index contributed by atoms with van der Waals surface area (Å²) in [7, 11) is 0. The fourth-order valence-corrected chi connectivity index (χ4v) is 2.77. The van der Waals surface area contributed by atoms with Crippen LogP contribution in [0, 0.1) is 0 Å². The molecule has 0 spiro atoms. The Morgan fingerprint density at radius 2 is 2.00 bits per heavy atom. The van der Waals surface area contributed by atoms with E-state index in [-0.39, 0.29) is 6.04 Å². The van der Waals surface area contributed by atoms with Gasteiger partial charge >= 0.3 is 0 Å². The van der Waals surface area contributed by atoms with E-state index in [9.17, 15) is 0 Å². The molecule has 1 aliphatic heterocycles. The van der Waals surface area contributed by atoms with Gasteiger partial charge in [0.15, 0.2) is 0 Å². The lowest BCUT2D eigenvalue weighted by molar-refractivity contribution is 0.164. The van der Waals surface area contributed by atoms with Crippen molar-refractivity contribution in [2.24, 2.45) is 5.73 Å². The van der Waals surface area contributed by atoms with E-state index in [1.165, 1.54) is 24.9 Å². The molecule has 0 radical (unpaired) electrons. The van der Waals surface area contributed by atoms with E-state index >= 15 is 0 Å². The Kier molecular flexibility index (Phi) is 3.85. The predicted octanol–water partition coefficient (Wildman–Crippen LogP) is 2.43. The number of nitrogens with two attached hydrogens (primary N) is 1. The van der Waals surface area contributed by atoms with Gasteiger partial charge in [0, 0.05) is 18.1 Å². The number of likely N-dealkylation sites (tertiary alicyclic amines) is 1. The predicted molar refractivity (Wildman–Crippen MR) is 73.0 cm³/mol. The minimum Gasteiger partial charge on any atom is -0.326 e. The summed E-state index contributed by atoms with van der Waals surface area (Å²) in [6.07, 6.45) is 3.59. The number of rotatable bonds is 4. The monoisotopic (exact) mass is 232 g/mol. The summed E-state index contributed by atoms with van der Waals surface area (Å²) in [5.74, 6) is 0. The summed E-state index contributed by atoms with van der Waals surface area (Å²) in [6, 6.07) is 10.8. The molecule has 0 saturated carbocycles. The van der Waals surface area contributed by atoms with E-state index in [1.54, 1.807) is 0 Å². The first kappa shape index (κ1) is 12.6. The Bertz CT molecular complexity index is 345. The van der Waals surface area contributed by atoms with Gasteiger partial charge in [0.05, 0.1) is 0 Å². The highest BCUT2D eigenvalue weighted by Crippen LogP contribution is 2.28. The third-order valence-corrected chi connectivity index (χ3v) is 3.87. The summed E-state index contributed by atoms with van der Waals surface area (Å²) >= 11 is 0. The first-order chi connectivity index (χ1) is 8.08. The highest BCUT2D eigenvalue weighted by atomic mass is 15.2. The van der Waals surface area contributed by atoms with E-state index in [0.717, 1.165) is 13.0 Å². The maximum absolute atomic E-state index is 6.26. The van der Waals surface area contributed by atoms with Gasteiger partial charge in [-0.15, -0.1) is 0 Å². The molecule has 1 aromatic carbocycles. The van der Waals surface area contributed by atoms with Crippen LogP contribution in [0.25, 0.3) is 0 Å². The maximum Gasteiger partial charge on any atom is 0.0208 e. The number of nitrogens with zero attached hydrogens (tertiary/aromatic N) is 1. The smallest absolute Gasteiger partial charge is 0.0208 e. The van der Waals surface area contributed by atoms with Crippen molar-refractivity contribution in [3.8, 4) is 0 Å². The van der Waals surface area contributed by atoms with E-state index in [1.807, 2.05) is 0 Å². The van der Waals surface area contributed by atoms with Crippen molar-refractivity contribution in [1.82, 2.24) is 4.90 Å². The zero-order valence-electron chi connectivity index (χ0n) is 11.0. The van der Waals surface area contributed by atoms with Gasteiger partial charge in [-0.25, -0.2) is 0 Å². The van der Waals surface area contributed by atoms with Crippen molar-refractivity contribution < 1.29 is 0 Å². The van der Waals surface area contributed by atoms with Gasteiger partial charge in [0.2, 0.25) is 0 Å². The van der Waals surface area contributed by atoms with Crippen LogP contribution >= 0.6 is 0 Å². The lowest BCUT2D eigenvalue weighted by Crippen LogP contribution is -2.46. The van der Waals surface area contributed by atoms with Crippen molar-refractivity contribution in [1.29, 1.82) is 0 Å². The first-order valence-electron chi connectivity index (χ1n) is 6.62. The van der Waals surface area contributed by atoms with Crippen LogP contribution < -0.4 is 5.73 Å². The fraction of sp³-hybridized carbons (Fsp3) is 0.600. The van der Waals surface area contributed by atoms with E-state index in [0.29, 0.717) is 5.54 Å². The van der Waals surface area contributed by atoms with Gasteiger partial charge in [0.1, 0.15) is 0 Å². The molecule has 1 aromatic rings. The molecule has 1 atom stereocenters. The molecule has 17 heavy (non-hydrogen) atoms. The zero-order chi connectivity index (χ0) is 12.3. The average Bonchev–Trinajstić information content (AvgIpc) is 2.59. The molecular formula is C15H24N2. The highest BCUT2D eigenvalue weighted by molar-refractivity contribution is 5.16. The van der Waals surface area contributed by atoms with Crippen molar-refractivity contribution in [2.45, 2.75) is 44.7 Å². The Morgan fingerprint density at radius 3 is 2.59 bits per heavy atom. The summed E-state index contributed by atoms with van der Waals surface area (Å²) in [5.41, 5.74) is 7.95. The van der Waals surface area contributed by atoms with Gasteiger partial charge in [-0.2, -0.15) is 0 Å². The van der Waals surface area contributed by atoms with Crippen LogP contribution in [-0.4, -0.2) is 29.6 Å². The molecular weight excluding hydrogens is 208 g/mol. The topological polar surface area (TPSA) is 29.3 Å². The van der Waals surface area contributed by atoms with Crippen molar-refractivity contribution in [3.63, 3.8) is 0 Å². The van der Waals surface area contributed by atoms with E-state index < -0.39 is 0 Å². The molecule has 2 heteroatoms. The number of hydrogen-bond donors (Lipinski definition) is 1. The molecule has 0 aromatic heterocycles. The molecule has 1 heterocycles. The molecule has 2 N–H and O–H groups in total. The van der Waals surface area contributed by atoms with Crippen LogP contribution in [0.3, 0.4) is 0 Å². The Labute approximate surface area is 105 Å². The lowest BCUT2D eigenvalue weighted by Gasteiger charge is -2.33. The van der Waals surface area contributed by atoms with E-state index in [2.05, 4.69) is 49.1 Å². The summed E-state index contributed by atoms with van der Waals surface area (Å²) < 4.78 is 0. The third kappa shape index (κ3) is 3.30. The minimum atomic E-state index is 0.245. The number of benzene rings is 1. The second-order valence-electron chi connectivity index (χ2n) is 5.81. The molecule has 1 saturated heterocycles. The standard InChI is InChI=1S/C15H24N2/c1-15(2)9-6-10-17(15)12-14(16)11-13-7-4-3-5-8-13/h3-5,7-8,14H,6,9-12,16H2,1-2H3. The second-order valence-corrected chi connectivity index (χ2v) is 5.81. The maximum atomic E-state index is 6.26. The van der Waals surface area contributed by atoms with Crippen molar-refractivity contribution >= 4 is 0 Å². The van der Waals surface area contributed by atoms with Crippen molar-refractivity contribution in [2.75, 3.05) is 13.1 Å². The van der Waals surface area contributed by atoms with Crippen LogP contribution in [0.4, 0.5) is 0 Å². The van der Waals surface area contributed by atoms with Gasteiger partial charge in [-0.05, 0) is 45.2 Å². The number of hydrogen-bond acceptors (Lipinski definition) is 2. The zero-order valence-corrected chi connectivity index (χ0v) is 11.0. The molecule has 1 unspecified atom stereocenters. The Hall–Kier alpha value is -0.860. The van der Waals surface area contributed by atoms with Gasteiger partial charge in [-0.1, -0.05) is 30.3 Å². The molecule has 1 fully saturated rings. The Balaban J connectivity index is 1.87. The SMILES string of the molecule is CC1(C)CCCN1CC(N)Cc1ccccc1. The van der Waals surface area contributed by atoms with Crippen LogP contribution in [0.1, 0.15) is 32.3 Å². The summed E-state index contributed by atoms with van der Waals surface area (Å²) in [5, 5.41) is 0. The molecule has 1 aliphatic rings. The largest absolute Gasteiger partial charge is 0.326 e.